The summed E-state index contributed by atoms with van der Waals surface area (Å²) in [4.78, 5) is 0. The summed E-state index contributed by atoms with van der Waals surface area (Å²) in [5.41, 5.74) is -0.926. The highest BCUT2D eigenvalue weighted by Crippen LogP contribution is 2.56. The number of hydrogen-bond acceptors (Lipinski definition) is 3. The number of fused-ring (bicyclic) bond motifs is 1. The zero-order chi connectivity index (χ0) is 16.8. The molecule has 0 spiro atoms. The highest BCUT2D eigenvalue weighted by atomic mass is 28.4. The van der Waals surface area contributed by atoms with E-state index in [1.165, 1.54) is 0 Å². The van der Waals surface area contributed by atoms with E-state index in [1.54, 1.807) is 0 Å². The molecule has 0 radical (unpaired) electrons. The smallest absolute Gasteiger partial charge is 0.192 e. The topological polar surface area (TPSA) is 53.2 Å². The van der Waals surface area contributed by atoms with Crippen LogP contribution >= 0.6 is 0 Å². The standard InChI is InChI=1S/C18H33NO2Si/c1-16(2,3)22(5,6)21-15-8-7-10-18(20)12-14(13-19)9-11-17(15,18)4/h14-15,20H,7-12H2,1-6H3/t14?,15-,17+,18+/m0/s1. The van der Waals surface area contributed by atoms with Crippen molar-refractivity contribution >= 4 is 8.32 Å². The molecule has 0 aromatic heterocycles. The number of hydrogen-bond donors (Lipinski definition) is 1. The molecule has 0 heterocycles. The molecule has 0 aromatic rings. The van der Waals surface area contributed by atoms with Crippen LogP contribution in [0.5, 0.6) is 0 Å². The molecule has 0 aromatic carbocycles. The molecule has 2 aliphatic carbocycles. The Hall–Kier alpha value is -0.373. The lowest BCUT2D eigenvalue weighted by molar-refractivity contribution is -0.186. The van der Waals surface area contributed by atoms with Crippen molar-refractivity contribution in [3.8, 4) is 6.07 Å². The fourth-order valence-corrected chi connectivity index (χ4v) is 5.47. The lowest BCUT2D eigenvalue weighted by Crippen LogP contribution is -2.62. The first kappa shape index (κ1) is 18.0. The highest BCUT2D eigenvalue weighted by molar-refractivity contribution is 6.74. The Morgan fingerprint density at radius 1 is 1.23 bits per heavy atom. The predicted molar refractivity (Wildman–Crippen MR) is 91.9 cm³/mol. The third-order valence-electron chi connectivity index (χ3n) is 6.85. The quantitative estimate of drug-likeness (QED) is 0.754. The third-order valence-corrected chi connectivity index (χ3v) is 11.3. The maximum atomic E-state index is 11.3. The summed E-state index contributed by atoms with van der Waals surface area (Å²) in [6.07, 6.45) is 5.42. The van der Waals surface area contributed by atoms with Gasteiger partial charge in [-0.15, -0.1) is 0 Å². The van der Waals surface area contributed by atoms with Gasteiger partial charge in [-0.05, 0) is 56.7 Å². The first-order chi connectivity index (χ1) is 9.95. The molecule has 0 bridgehead atoms. The van der Waals surface area contributed by atoms with E-state index in [9.17, 15) is 10.4 Å². The monoisotopic (exact) mass is 323 g/mol. The Morgan fingerprint density at radius 2 is 1.86 bits per heavy atom. The van der Waals surface area contributed by atoms with E-state index < -0.39 is 13.9 Å². The molecule has 0 amide bonds. The molecule has 126 valence electrons. The van der Waals surface area contributed by atoms with Gasteiger partial charge >= 0.3 is 0 Å². The van der Waals surface area contributed by atoms with Crippen molar-refractivity contribution < 1.29 is 9.53 Å². The second kappa shape index (κ2) is 5.61. The van der Waals surface area contributed by atoms with E-state index in [1.807, 2.05) is 0 Å². The molecule has 0 aliphatic heterocycles. The molecular formula is C18H33NO2Si. The van der Waals surface area contributed by atoms with E-state index >= 15 is 0 Å². The van der Waals surface area contributed by atoms with Crippen LogP contribution in [0.15, 0.2) is 0 Å². The number of aliphatic hydroxyl groups is 1. The van der Waals surface area contributed by atoms with Gasteiger partial charge in [-0.1, -0.05) is 27.7 Å². The Morgan fingerprint density at radius 3 is 2.41 bits per heavy atom. The van der Waals surface area contributed by atoms with E-state index in [0.717, 1.165) is 32.1 Å². The van der Waals surface area contributed by atoms with Gasteiger partial charge in [-0.3, -0.25) is 0 Å². The molecule has 22 heavy (non-hydrogen) atoms. The normalized spacial score (nSPS) is 39.9. The van der Waals surface area contributed by atoms with Gasteiger partial charge in [0.2, 0.25) is 0 Å². The molecule has 2 fully saturated rings. The second-order valence-corrected chi connectivity index (χ2v) is 14.0. The Kier molecular flexibility index (Phi) is 4.58. The predicted octanol–water partition coefficient (Wildman–Crippen LogP) is 4.62. The van der Waals surface area contributed by atoms with Crippen molar-refractivity contribution in [3.05, 3.63) is 0 Å². The van der Waals surface area contributed by atoms with E-state index in [0.29, 0.717) is 6.42 Å². The summed E-state index contributed by atoms with van der Waals surface area (Å²) in [6, 6.07) is 2.37. The SMILES string of the molecule is CC(C)(C)[Si](C)(C)O[C@H]1CCC[C@@]2(O)CC(C#N)CC[C@]12C. The zero-order valence-electron chi connectivity index (χ0n) is 15.2. The van der Waals surface area contributed by atoms with Crippen molar-refractivity contribution in [2.75, 3.05) is 0 Å². The van der Waals surface area contributed by atoms with Crippen LogP contribution in [0.3, 0.4) is 0 Å². The summed E-state index contributed by atoms with van der Waals surface area (Å²) in [7, 11) is -1.85. The van der Waals surface area contributed by atoms with Crippen LogP contribution in [0.1, 0.15) is 66.2 Å². The van der Waals surface area contributed by atoms with Crippen LogP contribution in [0, 0.1) is 22.7 Å². The Labute approximate surface area is 137 Å². The molecule has 4 atom stereocenters. The molecule has 0 saturated heterocycles. The Balaban J connectivity index is 2.26. The molecular weight excluding hydrogens is 290 g/mol. The van der Waals surface area contributed by atoms with E-state index in [4.69, 9.17) is 4.43 Å². The van der Waals surface area contributed by atoms with Gasteiger partial charge in [0.25, 0.3) is 0 Å². The van der Waals surface area contributed by atoms with Crippen molar-refractivity contribution in [2.45, 2.75) is 96.1 Å². The first-order valence-electron chi connectivity index (χ1n) is 8.75. The first-order valence-corrected chi connectivity index (χ1v) is 11.7. The second-order valence-electron chi connectivity index (χ2n) is 9.28. The lowest BCUT2D eigenvalue weighted by Gasteiger charge is -2.58. The largest absolute Gasteiger partial charge is 0.413 e. The minimum Gasteiger partial charge on any atom is -0.413 e. The average molecular weight is 324 g/mol. The zero-order valence-corrected chi connectivity index (χ0v) is 16.2. The molecule has 1 unspecified atom stereocenters. The fourth-order valence-electron chi connectivity index (χ4n) is 4.03. The number of nitrogens with zero attached hydrogens (tertiary/aromatic N) is 1. The number of nitriles is 1. The lowest BCUT2D eigenvalue weighted by atomic mass is 9.54. The van der Waals surface area contributed by atoms with Crippen molar-refractivity contribution in [2.24, 2.45) is 11.3 Å². The van der Waals surface area contributed by atoms with Crippen molar-refractivity contribution in [3.63, 3.8) is 0 Å². The van der Waals surface area contributed by atoms with Crippen LogP contribution in [-0.2, 0) is 4.43 Å². The third kappa shape index (κ3) is 2.88. The molecule has 1 N–H and O–H groups in total. The molecule has 2 rings (SSSR count). The van der Waals surface area contributed by atoms with E-state index in [2.05, 4.69) is 46.9 Å². The van der Waals surface area contributed by atoms with Crippen molar-refractivity contribution in [1.29, 1.82) is 5.26 Å². The molecule has 3 nitrogen and oxygen atoms in total. The fraction of sp³-hybridized carbons (Fsp3) is 0.944. The summed E-state index contributed by atoms with van der Waals surface area (Å²) in [6.45, 7) is 13.6. The molecule has 4 heteroatoms. The van der Waals surface area contributed by atoms with Gasteiger partial charge in [0, 0.05) is 11.3 Å². The summed E-state index contributed by atoms with van der Waals surface area (Å²) < 4.78 is 6.75. The molecule has 2 saturated carbocycles. The van der Waals surface area contributed by atoms with Crippen LogP contribution < -0.4 is 0 Å². The minimum absolute atomic E-state index is 0.00435. The van der Waals surface area contributed by atoms with Gasteiger partial charge in [0.05, 0.1) is 17.8 Å². The van der Waals surface area contributed by atoms with Gasteiger partial charge in [-0.2, -0.15) is 5.26 Å². The van der Waals surface area contributed by atoms with Gasteiger partial charge in [0.15, 0.2) is 8.32 Å². The van der Waals surface area contributed by atoms with E-state index in [-0.39, 0.29) is 22.5 Å². The summed E-state index contributed by atoms with van der Waals surface area (Å²) in [5, 5.41) is 20.7. The van der Waals surface area contributed by atoms with Gasteiger partial charge < -0.3 is 9.53 Å². The number of rotatable bonds is 2. The minimum atomic E-state index is -1.85. The highest BCUT2D eigenvalue weighted by Gasteiger charge is 2.58. The van der Waals surface area contributed by atoms with Crippen LogP contribution in [0.4, 0.5) is 0 Å². The van der Waals surface area contributed by atoms with Gasteiger partial charge in [0.1, 0.15) is 0 Å². The average Bonchev–Trinajstić information content (AvgIpc) is 2.38. The molecule has 2 aliphatic rings. The van der Waals surface area contributed by atoms with Crippen LogP contribution in [0.25, 0.3) is 0 Å². The van der Waals surface area contributed by atoms with Gasteiger partial charge in [-0.25, -0.2) is 0 Å². The van der Waals surface area contributed by atoms with Crippen LogP contribution in [0.2, 0.25) is 18.1 Å². The van der Waals surface area contributed by atoms with Crippen molar-refractivity contribution in [1.82, 2.24) is 0 Å². The Bertz CT molecular complexity index is 465. The summed E-state index contributed by atoms with van der Waals surface area (Å²) in [5.74, 6) is 0.00435. The maximum Gasteiger partial charge on any atom is 0.192 e. The van der Waals surface area contributed by atoms with Crippen LogP contribution in [-0.4, -0.2) is 25.1 Å². The summed E-state index contributed by atoms with van der Waals surface area (Å²) >= 11 is 0. The maximum absolute atomic E-state index is 11.3.